The van der Waals surface area contributed by atoms with Crippen molar-refractivity contribution < 1.29 is 9.59 Å². The predicted octanol–water partition coefficient (Wildman–Crippen LogP) is 0.615. The van der Waals surface area contributed by atoms with E-state index in [2.05, 4.69) is 0 Å². The maximum absolute atomic E-state index is 10.8. The van der Waals surface area contributed by atoms with E-state index in [9.17, 15) is 9.59 Å². The van der Waals surface area contributed by atoms with Crippen LogP contribution in [0.5, 0.6) is 0 Å². The smallest absolute Gasteiger partial charge is 0.253 e. The maximum atomic E-state index is 10.8. The van der Waals surface area contributed by atoms with Crippen molar-refractivity contribution in [1.29, 1.82) is 0 Å². The first kappa shape index (κ1) is 8.88. The summed E-state index contributed by atoms with van der Waals surface area (Å²) in [4.78, 5) is 20.6. The third-order valence-corrected chi connectivity index (χ3v) is 1.28. The first-order valence-corrected chi connectivity index (χ1v) is 2.98. The van der Waals surface area contributed by atoms with E-state index < -0.39 is 0 Å². The van der Waals surface area contributed by atoms with E-state index >= 15 is 0 Å². The Morgan fingerprint density at radius 3 is 2.10 bits per heavy atom. The van der Waals surface area contributed by atoms with Gasteiger partial charge in [0.1, 0.15) is 0 Å². The van der Waals surface area contributed by atoms with Gasteiger partial charge in [-0.1, -0.05) is 5.57 Å². The molecule has 1 N–H and O–H groups in total. The molecule has 10 heavy (non-hydrogen) atoms. The quantitative estimate of drug-likeness (QED) is 0.452. The molecular weight excluding hydrogens is 130 g/mol. The van der Waals surface area contributed by atoms with Gasteiger partial charge in [-0.05, 0) is 20.8 Å². The lowest BCUT2D eigenvalue weighted by Gasteiger charge is -1.98. The zero-order chi connectivity index (χ0) is 8.15. The Kier molecular flexibility index (Phi) is 3.39. The van der Waals surface area contributed by atoms with Crippen LogP contribution in [0.2, 0.25) is 0 Å². The summed E-state index contributed by atoms with van der Waals surface area (Å²) in [7, 11) is 0. The number of carbonyl (C=O) groups is 2. The van der Waals surface area contributed by atoms with E-state index in [1.54, 1.807) is 6.92 Å². The lowest BCUT2D eigenvalue weighted by Crippen LogP contribution is -2.22. The number of carbonyl (C=O) groups excluding carboxylic acids is 2. The molecule has 0 saturated heterocycles. The monoisotopic (exact) mass is 141 g/mol. The summed E-state index contributed by atoms with van der Waals surface area (Å²) in [6.07, 6.45) is 0.384. The third kappa shape index (κ3) is 2.44. The van der Waals surface area contributed by atoms with E-state index in [1.807, 2.05) is 19.2 Å². The second-order valence-corrected chi connectivity index (χ2v) is 2.22. The number of hydrogen-bond donors (Lipinski definition) is 1. The first-order valence-electron chi connectivity index (χ1n) is 2.98. The number of nitrogens with one attached hydrogen (secondary N) is 1. The molecule has 0 bridgehead atoms. The molecule has 0 aliphatic heterocycles. The summed E-state index contributed by atoms with van der Waals surface area (Å²) in [5, 5.41) is 2.05. The second kappa shape index (κ2) is 3.82. The molecule has 0 spiro atoms. The molecular formula is C7H11NO2. The predicted molar refractivity (Wildman–Crippen MR) is 38.3 cm³/mol. The zero-order valence-electron chi connectivity index (χ0n) is 6.39. The van der Waals surface area contributed by atoms with Gasteiger partial charge in [0.05, 0.1) is 0 Å². The number of hydrogen-bond acceptors (Lipinski definition) is 2. The molecule has 3 heteroatoms. The SMILES string of the molecule is CC(C)=C(C)C(=O)NC=O. The zero-order valence-corrected chi connectivity index (χ0v) is 6.39. The van der Waals surface area contributed by atoms with Gasteiger partial charge >= 0.3 is 0 Å². The fourth-order valence-corrected chi connectivity index (χ4v) is 0.389. The largest absolute Gasteiger partial charge is 0.295 e. The summed E-state index contributed by atoms with van der Waals surface area (Å²) >= 11 is 0. The lowest BCUT2D eigenvalue weighted by atomic mass is 10.2. The Morgan fingerprint density at radius 2 is 1.80 bits per heavy atom. The Bertz CT molecular complexity index is 178. The second-order valence-electron chi connectivity index (χ2n) is 2.22. The minimum absolute atomic E-state index is 0.324. The van der Waals surface area contributed by atoms with Crippen molar-refractivity contribution in [3.63, 3.8) is 0 Å². The topological polar surface area (TPSA) is 46.2 Å². The molecule has 0 aromatic heterocycles. The van der Waals surface area contributed by atoms with Gasteiger partial charge in [-0.2, -0.15) is 0 Å². The highest BCUT2D eigenvalue weighted by molar-refractivity contribution is 5.99. The van der Waals surface area contributed by atoms with Crippen molar-refractivity contribution in [2.45, 2.75) is 20.8 Å². The normalized spacial score (nSPS) is 8.30. The standard InChI is InChI=1S/C7H11NO2/c1-5(2)6(3)7(10)8-4-9/h4H,1-3H3,(H,8,9,10). The van der Waals surface area contributed by atoms with Crippen LogP contribution in [0.15, 0.2) is 11.1 Å². The highest BCUT2D eigenvalue weighted by Crippen LogP contribution is 2.00. The Hall–Kier alpha value is -1.12. The molecule has 0 aromatic rings. The fourth-order valence-electron chi connectivity index (χ4n) is 0.389. The Balaban J connectivity index is 4.22. The number of rotatable bonds is 2. The van der Waals surface area contributed by atoms with Crippen LogP contribution in [0.4, 0.5) is 0 Å². The van der Waals surface area contributed by atoms with Gasteiger partial charge < -0.3 is 0 Å². The molecule has 0 aromatic carbocycles. The minimum Gasteiger partial charge on any atom is -0.295 e. The van der Waals surface area contributed by atoms with E-state index in [1.165, 1.54) is 0 Å². The van der Waals surface area contributed by atoms with Gasteiger partial charge in [-0.15, -0.1) is 0 Å². The van der Waals surface area contributed by atoms with Crippen molar-refractivity contribution in [3.05, 3.63) is 11.1 Å². The summed E-state index contributed by atoms with van der Waals surface area (Å²) in [6, 6.07) is 0. The summed E-state index contributed by atoms with van der Waals surface area (Å²) in [5.74, 6) is -0.324. The van der Waals surface area contributed by atoms with E-state index in [0.717, 1.165) is 5.57 Å². The van der Waals surface area contributed by atoms with Crippen LogP contribution in [0.25, 0.3) is 0 Å². The van der Waals surface area contributed by atoms with Gasteiger partial charge in [0.25, 0.3) is 5.91 Å². The van der Waals surface area contributed by atoms with Crippen molar-refractivity contribution in [1.82, 2.24) is 5.32 Å². The highest BCUT2D eigenvalue weighted by Gasteiger charge is 2.02. The van der Waals surface area contributed by atoms with Crippen LogP contribution in [-0.2, 0) is 9.59 Å². The van der Waals surface area contributed by atoms with Crippen LogP contribution in [0.1, 0.15) is 20.8 Å². The van der Waals surface area contributed by atoms with Crippen LogP contribution < -0.4 is 5.32 Å². The number of imide groups is 1. The van der Waals surface area contributed by atoms with Crippen molar-refractivity contribution in [2.75, 3.05) is 0 Å². The van der Waals surface area contributed by atoms with Gasteiger partial charge in [0.2, 0.25) is 6.41 Å². The molecule has 2 amide bonds. The summed E-state index contributed by atoms with van der Waals surface area (Å²) in [5.41, 5.74) is 1.51. The molecule has 56 valence electrons. The lowest BCUT2D eigenvalue weighted by molar-refractivity contribution is -0.122. The van der Waals surface area contributed by atoms with Gasteiger partial charge in [-0.25, -0.2) is 0 Å². The molecule has 0 saturated carbocycles. The summed E-state index contributed by atoms with van der Waals surface area (Å²) < 4.78 is 0. The van der Waals surface area contributed by atoms with Crippen LogP contribution in [0, 0.1) is 0 Å². The molecule has 0 fully saturated rings. The third-order valence-electron chi connectivity index (χ3n) is 1.28. The Labute approximate surface area is 60.1 Å². The molecule has 0 heterocycles. The summed E-state index contributed by atoms with van der Waals surface area (Å²) in [6.45, 7) is 5.31. The first-order chi connectivity index (χ1) is 4.59. The van der Waals surface area contributed by atoms with Crippen LogP contribution in [0.3, 0.4) is 0 Å². The highest BCUT2D eigenvalue weighted by atomic mass is 16.2. The Morgan fingerprint density at radius 1 is 1.30 bits per heavy atom. The number of allylic oxidation sites excluding steroid dienone is 1. The minimum atomic E-state index is -0.324. The molecule has 3 nitrogen and oxygen atoms in total. The van der Waals surface area contributed by atoms with Crippen molar-refractivity contribution in [2.24, 2.45) is 0 Å². The van der Waals surface area contributed by atoms with Gasteiger partial charge in [-0.3, -0.25) is 14.9 Å². The maximum Gasteiger partial charge on any atom is 0.253 e. The van der Waals surface area contributed by atoms with E-state index in [-0.39, 0.29) is 5.91 Å². The van der Waals surface area contributed by atoms with Crippen LogP contribution >= 0.6 is 0 Å². The fraction of sp³-hybridized carbons (Fsp3) is 0.429. The molecule has 0 rings (SSSR count). The average Bonchev–Trinajstić information content (AvgIpc) is 1.87. The molecule has 0 unspecified atom stereocenters. The van der Waals surface area contributed by atoms with E-state index in [0.29, 0.717) is 12.0 Å². The molecule has 0 radical (unpaired) electrons. The van der Waals surface area contributed by atoms with Gasteiger partial charge in [0.15, 0.2) is 0 Å². The van der Waals surface area contributed by atoms with Crippen LogP contribution in [-0.4, -0.2) is 12.3 Å². The molecule has 0 atom stereocenters. The van der Waals surface area contributed by atoms with Crippen molar-refractivity contribution in [3.8, 4) is 0 Å². The van der Waals surface area contributed by atoms with Gasteiger partial charge in [0, 0.05) is 5.57 Å². The molecule has 0 aliphatic carbocycles. The molecule has 0 aliphatic rings. The van der Waals surface area contributed by atoms with Crippen molar-refractivity contribution >= 4 is 12.3 Å². The average molecular weight is 141 g/mol. The van der Waals surface area contributed by atoms with E-state index in [4.69, 9.17) is 0 Å². The number of amides is 2.